The molecule has 0 radical (unpaired) electrons. The van der Waals surface area contributed by atoms with Crippen LogP contribution in [0.3, 0.4) is 0 Å². The average molecular weight is 235 g/mol. The molecule has 1 aliphatic rings. The molecule has 2 N–H and O–H groups in total. The van der Waals surface area contributed by atoms with E-state index in [1.54, 1.807) is 0 Å². The summed E-state index contributed by atoms with van der Waals surface area (Å²) in [6.07, 6.45) is 1.51. The molecule has 0 bridgehead atoms. The van der Waals surface area contributed by atoms with Gasteiger partial charge in [-0.15, -0.1) is 0 Å². The highest BCUT2D eigenvalue weighted by atomic mass is 16.3. The quantitative estimate of drug-likeness (QED) is 0.789. The van der Waals surface area contributed by atoms with E-state index in [-0.39, 0.29) is 11.6 Å². The Hall–Kier alpha value is -0.970. The minimum absolute atomic E-state index is 0.0367. The summed E-state index contributed by atoms with van der Waals surface area (Å²) < 4.78 is 0. The smallest absolute Gasteiger partial charge is 0.0791 e. The second kappa shape index (κ2) is 5.12. The Balaban J connectivity index is 2.11. The summed E-state index contributed by atoms with van der Waals surface area (Å²) in [4.78, 5) is 6.64. The van der Waals surface area contributed by atoms with E-state index in [1.165, 1.54) is 0 Å². The lowest BCUT2D eigenvalue weighted by Gasteiger charge is -2.37. The number of hydrogen-bond acceptors (Lipinski definition) is 4. The van der Waals surface area contributed by atoms with Gasteiger partial charge in [-0.1, -0.05) is 6.07 Å². The van der Waals surface area contributed by atoms with Gasteiger partial charge in [0.15, 0.2) is 0 Å². The molecule has 2 rings (SSSR count). The number of nitrogens with zero attached hydrogens (tertiary/aromatic N) is 2. The van der Waals surface area contributed by atoms with E-state index in [4.69, 9.17) is 0 Å². The standard InChI is InChI=1S/C13H21N3O/c1-13(2)10-14-7-12(17)9-16(13)8-11-5-3-4-6-15-11/h3-6,12,14,17H,7-10H2,1-2H3. The first kappa shape index (κ1) is 12.5. The molecule has 4 nitrogen and oxygen atoms in total. The monoisotopic (exact) mass is 235 g/mol. The second-order valence-electron chi connectivity index (χ2n) is 5.30. The van der Waals surface area contributed by atoms with Crippen molar-refractivity contribution in [2.24, 2.45) is 0 Å². The Morgan fingerprint density at radius 2 is 2.35 bits per heavy atom. The maximum absolute atomic E-state index is 9.85. The average Bonchev–Trinajstić information content (AvgIpc) is 2.40. The molecular weight excluding hydrogens is 214 g/mol. The molecule has 1 unspecified atom stereocenters. The van der Waals surface area contributed by atoms with E-state index in [1.807, 2.05) is 24.4 Å². The fourth-order valence-electron chi connectivity index (χ4n) is 2.19. The minimum atomic E-state index is -0.305. The van der Waals surface area contributed by atoms with E-state index in [0.29, 0.717) is 13.1 Å². The highest BCUT2D eigenvalue weighted by molar-refractivity contribution is 5.05. The Labute approximate surface area is 103 Å². The predicted octanol–water partition coefficient (Wildman–Crippen LogP) is 0.626. The van der Waals surface area contributed by atoms with E-state index in [9.17, 15) is 5.11 Å². The first-order valence-electron chi connectivity index (χ1n) is 6.12. The molecule has 1 fully saturated rings. The maximum Gasteiger partial charge on any atom is 0.0791 e. The molecule has 1 aromatic rings. The van der Waals surface area contributed by atoms with Crippen molar-refractivity contribution in [1.82, 2.24) is 15.2 Å². The van der Waals surface area contributed by atoms with Gasteiger partial charge in [0.05, 0.1) is 11.8 Å². The molecule has 0 aliphatic carbocycles. The van der Waals surface area contributed by atoms with Crippen LogP contribution in [0.15, 0.2) is 24.4 Å². The van der Waals surface area contributed by atoms with Crippen molar-refractivity contribution < 1.29 is 5.11 Å². The Bertz CT molecular complexity index is 353. The van der Waals surface area contributed by atoms with Crippen LogP contribution in [0.1, 0.15) is 19.5 Å². The number of aromatic nitrogens is 1. The molecule has 0 aromatic carbocycles. The lowest BCUT2D eigenvalue weighted by Crippen LogP contribution is -2.48. The van der Waals surface area contributed by atoms with Gasteiger partial charge in [0, 0.05) is 37.9 Å². The van der Waals surface area contributed by atoms with E-state index < -0.39 is 0 Å². The van der Waals surface area contributed by atoms with Gasteiger partial charge in [-0.05, 0) is 26.0 Å². The van der Waals surface area contributed by atoms with Gasteiger partial charge in [0.2, 0.25) is 0 Å². The Kier molecular flexibility index (Phi) is 3.76. The first-order chi connectivity index (χ1) is 8.08. The van der Waals surface area contributed by atoms with Crippen LogP contribution in [-0.4, -0.2) is 46.3 Å². The molecular formula is C13H21N3O. The molecule has 1 aromatic heterocycles. The lowest BCUT2D eigenvalue weighted by molar-refractivity contribution is 0.0696. The SMILES string of the molecule is CC1(C)CNCC(O)CN1Cc1ccccn1. The zero-order valence-electron chi connectivity index (χ0n) is 10.6. The number of aliphatic hydroxyl groups is 1. The number of β-amino-alcohol motifs (C(OH)–C–C–N with tert-alkyl or cyclic N) is 1. The summed E-state index contributed by atoms with van der Waals surface area (Å²) in [5, 5.41) is 13.1. The van der Waals surface area contributed by atoms with Crippen LogP contribution in [0.25, 0.3) is 0 Å². The van der Waals surface area contributed by atoms with Crippen molar-refractivity contribution in [3.05, 3.63) is 30.1 Å². The Morgan fingerprint density at radius 1 is 1.53 bits per heavy atom. The zero-order chi connectivity index (χ0) is 12.3. The number of nitrogens with one attached hydrogen (secondary N) is 1. The first-order valence-corrected chi connectivity index (χ1v) is 6.12. The van der Waals surface area contributed by atoms with E-state index >= 15 is 0 Å². The normalized spacial score (nSPS) is 25.5. The van der Waals surface area contributed by atoms with Crippen LogP contribution in [0.5, 0.6) is 0 Å². The van der Waals surface area contributed by atoms with Gasteiger partial charge >= 0.3 is 0 Å². The van der Waals surface area contributed by atoms with Crippen LogP contribution in [0.2, 0.25) is 0 Å². The van der Waals surface area contributed by atoms with E-state index in [2.05, 4.69) is 29.0 Å². The molecule has 0 amide bonds. The Morgan fingerprint density at radius 3 is 3.06 bits per heavy atom. The summed E-state index contributed by atoms with van der Waals surface area (Å²) in [7, 11) is 0. The van der Waals surface area contributed by atoms with Crippen molar-refractivity contribution in [2.75, 3.05) is 19.6 Å². The van der Waals surface area contributed by atoms with Crippen molar-refractivity contribution in [2.45, 2.75) is 32.0 Å². The number of hydrogen-bond donors (Lipinski definition) is 2. The van der Waals surface area contributed by atoms with Crippen LogP contribution in [0, 0.1) is 0 Å². The van der Waals surface area contributed by atoms with E-state index in [0.717, 1.165) is 18.8 Å². The number of rotatable bonds is 2. The van der Waals surface area contributed by atoms with Crippen LogP contribution in [0.4, 0.5) is 0 Å². The van der Waals surface area contributed by atoms with Crippen LogP contribution < -0.4 is 5.32 Å². The van der Waals surface area contributed by atoms with Gasteiger partial charge in [0.1, 0.15) is 0 Å². The molecule has 94 valence electrons. The molecule has 1 saturated heterocycles. The highest BCUT2D eigenvalue weighted by Gasteiger charge is 2.31. The van der Waals surface area contributed by atoms with Crippen molar-refractivity contribution in [1.29, 1.82) is 0 Å². The third-order valence-corrected chi connectivity index (χ3v) is 3.30. The summed E-state index contributed by atoms with van der Waals surface area (Å²) in [5.74, 6) is 0. The number of pyridine rings is 1. The maximum atomic E-state index is 9.85. The van der Waals surface area contributed by atoms with Crippen molar-refractivity contribution in [3.8, 4) is 0 Å². The molecule has 0 saturated carbocycles. The summed E-state index contributed by atoms with van der Waals surface area (Å²) in [6.45, 7) is 7.42. The largest absolute Gasteiger partial charge is 0.390 e. The second-order valence-corrected chi connectivity index (χ2v) is 5.30. The summed E-state index contributed by atoms with van der Waals surface area (Å²) >= 11 is 0. The highest BCUT2D eigenvalue weighted by Crippen LogP contribution is 2.19. The fourth-order valence-corrected chi connectivity index (χ4v) is 2.19. The topological polar surface area (TPSA) is 48.4 Å². The molecule has 17 heavy (non-hydrogen) atoms. The van der Waals surface area contributed by atoms with Crippen LogP contribution >= 0.6 is 0 Å². The molecule has 1 atom stereocenters. The molecule has 1 aliphatic heterocycles. The van der Waals surface area contributed by atoms with Crippen molar-refractivity contribution in [3.63, 3.8) is 0 Å². The zero-order valence-corrected chi connectivity index (χ0v) is 10.6. The molecule has 0 spiro atoms. The van der Waals surface area contributed by atoms with Crippen LogP contribution in [-0.2, 0) is 6.54 Å². The summed E-state index contributed by atoms with van der Waals surface area (Å²) in [6, 6.07) is 5.95. The van der Waals surface area contributed by atoms with Gasteiger partial charge in [-0.25, -0.2) is 0 Å². The van der Waals surface area contributed by atoms with Crippen molar-refractivity contribution >= 4 is 0 Å². The lowest BCUT2D eigenvalue weighted by atomic mass is 10.0. The molecule has 2 heterocycles. The predicted molar refractivity (Wildman–Crippen MR) is 67.6 cm³/mol. The third-order valence-electron chi connectivity index (χ3n) is 3.30. The minimum Gasteiger partial charge on any atom is -0.390 e. The number of aliphatic hydroxyl groups excluding tert-OH is 1. The van der Waals surface area contributed by atoms with Gasteiger partial charge in [0.25, 0.3) is 0 Å². The van der Waals surface area contributed by atoms with Gasteiger partial charge < -0.3 is 10.4 Å². The molecule has 4 heteroatoms. The summed E-state index contributed by atoms with van der Waals surface area (Å²) in [5.41, 5.74) is 1.09. The van der Waals surface area contributed by atoms with Gasteiger partial charge in [-0.3, -0.25) is 9.88 Å². The van der Waals surface area contributed by atoms with Gasteiger partial charge in [-0.2, -0.15) is 0 Å². The fraction of sp³-hybridized carbons (Fsp3) is 0.615. The third kappa shape index (κ3) is 3.25.